The number of nitrogens with zero attached hydrogens (tertiary/aromatic N) is 1. The molecular formula is C27H37NO5Si. The maximum atomic E-state index is 7.03. The summed E-state index contributed by atoms with van der Waals surface area (Å²) >= 11 is 0. The number of aromatic nitrogens is 1. The lowest BCUT2D eigenvalue weighted by Gasteiger charge is -2.39. The molecule has 184 valence electrons. The zero-order chi connectivity index (χ0) is 25.1. The van der Waals surface area contributed by atoms with E-state index in [9.17, 15) is 0 Å². The fraction of sp³-hybridized carbons (Fsp3) is 0.444. The largest absolute Gasteiger partial charge is 0.497 e. The minimum absolute atomic E-state index is 0.0246. The Morgan fingerprint density at radius 3 is 2.09 bits per heavy atom. The van der Waals surface area contributed by atoms with E-state index < -0.39 is 8.32 Å². The third-order valence-corrected chi connectivity index (χ3v) is 11.1. The van der Waals surface area contributed by atoms with Gasteiger partial charge in [0, 0.05) is 24.3 Å². The third kappa shape index (κ3) is 5.21. The summed E-state index contributed by atoms with van der Waals surface area (Å²) < 4.78 is 29.2. The molecule has 1 atom stereocenters. The molecule has 0 radical (unpaired) electrons. The second kappa shape index (κ2) is 10.3. The molecule has 0 saturated heterocycles. The minimum Gasteiger partial charge on any atom is -0.497 e. The second-order valence-corrected chi connectivity index (χ2v) is 14.6. The Hall–Kier alpha value is -2.61. The van der Waals surface area contributed by atoms with Gasteiger partial charge in [0.15, 0.2) is 19.8 Å². The van der Waals surface area contributed by atoms with Crippen molar-refractivity contribution in [3.63, 3.8) is 0 Å². The first-order valence-corrected chi connectivity index (χ1v) is 14.3. The van der Waals surface area contributed by atoms with Gasteiger partial charge in [0.2, 0.25) is 0 Å². The maximum absolute atomic E-state index is 7.03. The maximum Gasteiger partial charge on any atom is 0.193 e. The van der Waals surface area contributed by atoms with Crippen LogP contribution in [0.25, 0.3) is 10.8 Å². The van der Waals surface area contributed by atoms with Crippen molar-refractivity contribution in [2.75, 3.05) is 28.4 Å². The molecule has 1 heterocycles. The Kier molecular flexibility index (Phi) is 7.90. The van der Waals surface area contributed by atoms with E-state index in [1.165, 1.54) is 0 Å². The molecule has 0 N–H and O–H groups in total. The van der Waals surface area contributed by atoms with Gasteiger partial charge in [-0.05, 0) is 53.3 Å². The van der Waals surface area contributed by atoms with E-state index in [2.05, 4.69) is 39.9 Å². The summed E-state index contributed by atoms with van der Waals surface area (Å²) in [5.41, 5.74) is 2.79. The number of ether oxygens (including phenoxy) is 4. The van der Waals surface area contributed by atoms with Crippen LogP contribution in [0.15, 0.2) is 42.6 Å². The van der Waals surface area contributed by atoms with Crippen molar-refractivity contribution in [3.8, 4) is 17.2 Å². The van der Waals surface area contributed by atoms with Crippen LogP contribution in [0.1, 0.15) is 43.7 Å². The Labute approximate surface area is 204 Å². The SMILES string of the molecule is COCc1cnc(C(O[Si](C)(C)C(C)(C)C)c2cccc(OC)c2)c2cc(OC)c(OC)cc12. The molecule has 7 heteroatoms. The number of rotatable bonds is 9. The van der Waals surface area contributed by atoms with Gasteiger partial charge in [-0.1, -0.05) is 32.9 Å². The van der Waals surface area contributed by atoms with Crippen molar-refractivity contribution >= 4 is 19.1 Å². The standard InChI is InChI=1S/C27H37NO5Si/c1-27(2,3)34(8,9)33-26(18-11-10-12-20(13-18)30-5)25-22-15-24(32-7)23(31-6)14-21(22)19(16-28-25)17-29-4/h10-16,26H,17H2,1-9H3. The first-order valence-electron chi connectivity index (χ1n) is 11.4. The van der Waals surface area contributed by atoms with Gasteiger partial charge in [-0.2, -0.15) is 0 Å². The Morgan fingerprint density at radius 1 is 0.882 bits per heavy atom. The lowest BCUT2D eigenvalue weighted by Crippen LogP contribution is -2.42. The fourth-order valence-electron chi connectivity index (χ4n) is 3.68. The van der Waals surface area contributed by atoms with E-state index in [-0.39, 0.29) is 11.1 Å². The highest BCUT2D eigenvalue weighted by molar-refractivity contribution is 6.74. The second-order valence-electron chi connectivity index (χ2n) is 9.89. The summed E-state index contributed by atoms with van der Waals surface area (Å²) in [7, 11) is 4.46. The topological polar surface area (TPSA) is 59.0 Å². The zero-order valence-electron chi connectivity index (χ0n) is 21.8. The van der Waals surface area contributed by atoms with Gasteiger partial charge in [0.25, 0.3) is 0 Å². The number of pyridine rings is 1. The number of hydrogen-bond acceptors (Lipinski definition) is 6. The molecule has 0 amide bonds. The average Bonchev–Trinajstić information content (AvgIpc) is 2.81. The molecule has 2 aromatic carbocycles. The van der Waals surface area contributed by atoms with E-state index in [1.54, 1.807) is 28.4 Å². The highest BCUT2D eigenvalue weighted by Gasteiger charge is 2.40. The zero-order valence-corrected chi connectivity index (χ0v) is 22.8. The van der Waals surface area contributed by atoms with Crippen molar-refractivity contribution in [2.45, 2.75) is 51.6 Å². The molecular weight excluding hydrogens is 446 g/mol. The highest BCUT2D eigenvalue weighted by Crippen LogP contribution is 2.44. The van der Waals surface area contributed by atoms with Crippen molar-refractivity contribution in [1.82, 2.24) is 4.98 Å². The lowest BCUT2D eigenvalue weighted by molar-refractivity contribution is 0.185. The van der Waals surface area contributed by atoms with Gasteiger partial charge < -0.3 is 23.4 Å². The number of fused-ring (bicyclic) bond motifs is 1. The molecule has 0 saturated carbocycles. The third-order valence-electron chi connectivity index (χ3n) is 6.67. The fourth-order valence-corrected chi connectivity index (χ4v) is 4.87. The van der Waals surface area contributed by atoms with Crippen LogP contribution in [0, 0.1) is 0 Å². The van der Waals surface area contributed by atoms with Crippen LogP contribution in [0.3, 0.4) is 0 Å². The molecule has 1 aromatic heterocycles. The Morgan fingerprint density at radius 2 is 1.53 bits per heavy atom. The van der Waals surface area contributed by atoms with Crippen molar-refractivity contribution in [1.29, 1.82) is 0 Å². The van der Waals surface area contributed by atoms with E-state index in [4.69, 9.17) is 28.4 Å². The van der Waals surface area contributed by atoms with Gasteiger partial charge in [-0.3, -0.25) is 4.98 Å². The van der Waals surface area contributed by atoms with Gasteiger partial charge in [-0.25, -0.2) is 0 Å². The van der Waals surface area contributed by atoms with E-state index in [0.29, 0.717) is 18.1 Å². The predicted octanol–water partition coefficient (Wildman–Crippen LogP) is 6.52. The van der Waals surface area contributed by atoms with Gasteiger partial charge in [0.1, 0.15) is 11.9 Å². The molecule has 0 aliphatic rings. The molecule has 0 aliphatic carbocycles. The number of hydrogen-bond donors (Lipinski definition) is 0. The molecule has 3 rings (SSSR count). The van der Waals surface area contributed by atoms with Crippen molar-refractivity contribution < 1.29 is 23.4 Å². The summed E-state index contributed by atoms with van der Waals surface area (Å²) in [6.45, 7) is 11.7. The van der Waals surface area contributed by atoms with Crippen LogP contribution < -0.4 is 14.2 Å². The normalized spacial score (nSPS) is 13.1. The smallest absolute Gasteiger partial charge is 0.193 e. The molecule has 6 nitrogen and oxygen atoms in total. The minimum atomic E-state index is -2.18. The van der Waals surface area contributed by atoms with Gasteiger partial charge in [-0.15, -0.1) is 0 Å². The monoisotopic (exact) mass is 483 g/mol. The number of benzene rings is 2. The van der Waals surface area contributed by atoms with Crippen LogP contribution in [-0.4, -0.2) is 41.7 Å². The van der Waals surface area contributed by atoms with Crippen molar-refractivity contribution in [3.05, 3.63) is 59.4 Å². The number of methoxy groups -OCH3 is 4. The molecule has 34 heavy (non-hydrogen) atoms. The first kappa shape index (κ1) is 26.0. The van der Waals surface area contributed by atoms with Gasteiger partial charge in [0.05, 0.1) is 33.6 Å². The summed E-state index contributed by atoms with van der Waals surface area (Å²) in [6, 6.07) is 12.0. The van der Waals surface area contributed by atoms with E-state index >= 15 is 0 Å². The quantitative estimate of drug-likeness (QED) is 0.323. The average molecular weight is 484 g/mol. The van der Waals surface area contributed by atoms with Crippen LogP contribution in [0.2, 0.25) is 18.1 Å². The Bertz CT molecular complexity index is 1140. The van der Waals surface area contributed by atoms with Crippen LogP contribution >= 0.6 is 0 Å². The molecule has 0 fully saturated rings. The summed E-state index contributed by atoms with van der Waals surface area (Å²) in [5, 5.41) is 1.96. The van der Waals surface area contributed by atoms with Crippen LogP contribution in [0.4, 0.5) is 0 Å². The van der Waals surface area contributed by atoms with Crippen molar-refractivity contribution in [2.24, 2.45) is 0 Å². The van der Waals surface area contributed by atoms with Crippen LogP contribution in [-0.2, 0) is 15.8 Å². The predicted molar refractivity (Wildman–Crippen MR) is 139 cm³/mol. The molecule has 0 spiro atoms. The Balaban J connectivity index is 2.32. The van der Waals surface area contributed by atoms with Gasteiger partial charge >= 0.3 is 0 Å². The first-order chi connectivity index (χ1) is 16.1. The summed E-state index contributed by atoms with van der Waals surface area (Å²) in [4.78, 5) is 4.93. The molecule has 0 bridgehead atoms. The molecule has 1 unspecified atom stereocenters. The summed E-state index contributed by atoms with van der Waals surface area (Å²) in [6.07, 6.45) is 1.49. The van der Waals surface area contributed by atoms with Crippen LogP contribution in [0.5, 0.6) is 17.2 Å². The van der Waals surface area contributed by atoms with E-state index in [1.807, 2.05) is 36.5 Å². The molecule has 3 aromatic rings. The highest BCUT2D eigenvalue weighted by atomic mass is 28.4. The van der Waals surface area contributed by atoms with E-state index in [0.717, 1.165) is 33.3 Å². The summed E-state index contributed by atoms with van der Waals surface area (Å²) in [5.74, 6) is 2.08. The molecule has 0 aliphatic heterocycles. The lowest BCUT2D eigenvalue weighted by atomic mass is 9.98.